The highest BCUT2D eigenvalue weighted by atomic mass is 31.2. The van der Waals surface area contributed by atoms with Crippen LogP contribution in [0.4, 0.5) is 0 Å². The molecule has 44 heavy (non-hydrogen) atoms. The van der Waals surface area contributed by atoms with Crippen molar-refractivity contribution in [1.82, 2.24) is 18.9 Å². The van der Waals surface area contributed by atoms with Crippen molar-refractivity contribution in [2.24, 2.45) is 0 Å². The zero-order chi connectivity index (χ0) is 29.3. The van der Waals surface area contributed by atoms with Gasteiger partial charge in [-0.2, -0.15) is 0 Å². The second-order valence-electron chi connectivity index (χ2n) is 11.0. The third kappa shape index (κ3) is 3.51. The lowest BCUT2D eigenvalue weighted by atomic mass is 10.1. The van der Waals surface area contributed by atoms with Crippen molar-refractivity contribution in [2.45, 2.75) is 0 Å². The van der Waals surface area contributed by atoms with Crippen LogP contribution in [0.5, 0.6) is 0 Å². The van der Waals surface area contributed by atoms with Crippen LogP contribution in [0.3, 0.4) is 0 Å². The molecule has 0 atom stereocenters. The van der Waals surface area contributed by atoms with Crippen LogP contribution in [0, 0.1) is 0 Å². The zero-order valence-electron chi connectivity index (χ0n) is 23.6. The summed E-state index contributed by atoms with van der Waals surface area (Å²) in [6.07, 6.45) is 0. The molecule has 9 aromatic rings. The van der Waals surface area contributed by atoms with Gasteiger partial charge in [0, 0.05) is 32.1 Å². The van der Waals surface area contributed by atoms with E-state index in [1.165, 1.54) is 0 Å². The number of fused-ring (bicyclic) bond motifs is 8. The van der Waals surface area contributed by atoms with Crippen LogP contribution in [0.15, 0.2) is 152 Å². The second-order valence-corrected chi connectivity index (χ2v) is 13.8. The van der Waals surface area contributed by atoms with Crippen LogP contribution in [-0.4, -0.2) is 18.9 Å². The smallest absolute Gasteiger partial charge is 0.221 e. The fourth-order valence-corrected chi connectivity index (χ4v) is 9.25. The van der Waals surface area contributed by atoms with Gasteiger partial charge in [0.2, 0.25) is 5.95 Å². The lowest BCUT2D eigenvalue weighted by Gasteiger charge is -2.20. The fraction of sp³-hybridized carbons (Fsp3) is 0. The van der Waals surface area contributed by atoms with Gasteiger partial charge in [-0.25, -0.2) is 9.97 Å². The molecule has 0 spiro atoms. The highest BCUT2D eigenvalue weighted by Crippen LogP contribution is 2.44. The van der Waals surface area contributed by atoms with Gasteiger partial charge in [-0.3, -0.25) is 8.97 Å². The molecule has 0 N–H and O–H groups in total. The molecule has 0 radical (unpaired) electrons. The number of benzene rings is 6. The van der Waals surface area contributed by atoms with Crippen molar-refractivity contribution in [3.8, 4) is 5.95 Å². The molecule has 0 fully saturated rings. The Morgan fingerprint density at radius 1 is 0.455 bits per heavy atom. The Hall–Kier alpha value is -5.51. The van der Waals surface area contributed by atoms with E-state index in [4.69, 9.17) is 9.97 Å². The fourth-order valence-electron chi connectivity index (χ4n) is 6.57. The number of imidazole rings is 1. The highest BCUT2D eigenvalue weighted by Gasteiger charge is 2.30. The van der Waals surface area contributed by atoms with Crippen LogP contribution in [0.1, 0.15) is 0 Å². The quantitative estimate of drug-likeness (QED) is 0.199. The standard InChI is InChI=1S/C38H25N4OP/c43-44(26-13-3-1-4-14-26,27-15-5-2-6-16-27)28-23-24-35-31(25-28)29-17-8-11-21-34(29)41(35)38-40-32-19-9-7-18-30(32)37-39-33-20-10-12-22-36(33)42(37)38/h1-25H. The lowest BCUT2D eigenvalue weighted by Crippen LogP contribution is -2.24. The number of aromatic nitrogens is 4. The van der Waals surface area contributed by atoms with E-state index in [9.17, 15) is 0 Å². The molecule has 3 aromatic heterocycles. The Kier molecular flexibility index (Phi) is 5.40. The Labute approximate surface area is 253 Å². The summed E-state index contributed by atoms with van der Waals surface area (Å²) in [7, 11) is -3.16. The van der Waals surface area contributed by atoms with Crippen molar-refractivity contribution in [3.63, 3.8) is 0 Å². The van der Waals surface area contributed by atoms with Gasteiger partial charge in [0.05, 0.1) is 27.6 Å². The van der Waals surface area contributed by atoms with Gasteiger partial charge in [0.1, 0.15) is 5.65 Å². The van der Waals surface area contributed by atoms with Crippen molar-refractivity contribution >= 4 is 72.4 Å². The first-order valence-electron chi connectivity index (χ1n) is 14.6. The van der Waals surface area contributed by atoms with Gasteiger partial charge >= 0.3 is 0 Å². The summed E-state index contributed by atoms with van der Waals surface area (Å²) >= 11 is 0. The molecule has 0 saturated heterocycles. The van der Waals surface area contributed by atoms with Crippen LogP contribution in [-0.2, 0) is 4.57 Å². The first-order chi connectivity index (χ1) is 21.7. The van der Waals surface area contributed by atoms with Gasteiger partial charge in [-0.15, -0.1) is 0 Å². The Bertz CT molecular complexity index is 2540. The van der Waals surface area contributed by atoms with E-state index in [0.717, 1.165) is 71.3 Å². The molecule has 0 aliphatic carbocycles. The molecule has 208 valence electrons. The molecule has 0 unspecified atom stereocenters. The van der Waals surface area contributed by atoms with E-state index in [-0.39, 0.29) is 0 Å². The number of hydrogen-bond donors (Lipinski definition) is 0. The first-order valence-corrected chi connectivity index (χ1v) is 16.3. The van der Waals surface area contributed by atoms with Gasteiger partial charge in [-0.1, -0.05) is 103 Å². The van der Waals surface area contributed by atoms with Crippen LogP contribution in [0.25, 0.3) is 55.3 Å². The number of hydrogen-bond acceptors (Lipinski definition) is 3. The normalized spacial score (nSPS) is 12.2. The number of nitrogens with zero attached hydrogens (tertiary/aromatic N) is 4. The zero-order valence-corrected chi connectivity index (χ0v) is 24.5. The molecule has 6 aromatic carbocycles. The average molecular weight is 585 g/mol. The van der Waals surface area contributed by atoms with E-state index < -0.39 is 7.14 Å². The molecular weight excluding hydrogens is 559 g/mol. The summed E-state index contributed by atoms with van der Waals surface area (Å²) in [6.45, 7) is 0. The summed E-state index contributed by atoms with van der Waals surface area (Å²) in [6, 6.07) is 50.7. The largest absolute Gasteiger partial charge is 0.309 e. The molecule has 0 bridgehead atoms. The van der Waals surface area contributed by atoms with Crippen molar-refractivity contribution in [3.05, 3.63) is 152 Å². The molecule has 0 aliphatic rings. The van der Waals surface area contributed by atoms with Crippen LogP contribution < -0.4 is 15.9 Å². The molecule has 3 heterocycles. The summed E-state index contributed by atoms with van der Waals surface area (Å²) in [5, 5.41) is 5.54. The third-order valence-corrected chi connectivity index (χ3v) is 11.6. The minimum atomic E-state index is -3.16. The minimum Gasteiger partial charge on any atom is -0.309 e. The SMILES string of the molecule is O=P(c1ccccc1)(c1ccccc1)c1ccc2c(c1)c1ccccc1n2-c1nc2ccccc2c2nc3ccccc3n12. The van der Waals surface area contributed by atoms with Gasteiger partial charge in [0.25, 0.3) is 0 Å². The topological polar surface area (TPSA) is 52.2 Å². The monoisotopic (exact) mass is 584 g/mol. The third-order valence-electron chi connectivity index (χ3n) is 8.59. The van der Waals surface area contributed by atoms with Crippen LogP contribution >= 0.6 is 7.14 Å². The van der Waals surface area contributed by atoms with E-state index >= 15 is 4.57 Å². The lowest BCUT2D eigenvalue weighted by molar-refractivity contribution is 0.592. The van der Waals surface area contributed by atoms with Crippen molar-refractivity contribution in [1.29, 1.82) is 0 Å². The molecule has 6 heteroatoms. The Balaban J connectivity index is 1.40. The van der Waals surface area contributed by atoms with E-state index in [2.05, 4.69) is 57.5 Å². The predicted molar refractivity (Wildman–Crippen MR) is 182 cm³/mol. The highest BCUT2D eigenvalue weighted by molar-refractivity contribution is 7.85. The maximum atomic E-state index is 15.3. The number of rotatable bonds is 4. The summed E-state index contributed by atoms with van der Waals surface area (Å²) in [4.78, 5) is 10.3. The molecule has 0 aliphatic heterocycles. The van der Waals surface area contributed by atoms with Crippen LogP contribution in [0.2, 0.25) is 0 Å². The summed E-state index contributed by atoms with van der Waals surface area (Å²) in [5.41, 5.74) is 5.68. The first kappa shape index (κ1) is 25.0. The molecule has 5 nitrogen and oxygen atoms in total. The molecule has 0 saturated carbocycles. The number of para-hydroxylation sites is 4. The van der Waals surface area contributed by atoms with E-state index in [0.29, 0.717) is 0 Å². The molecule has 0 amide bonds. The van der Waals surface area contributed by atoms with Gasteiger partial charge in [-0.05, 0) is 48.5 Å². The molecule has 9 rings (SSSR count). The average Bonchev–Trinajstić information content (AvgIpc) is 3.65. The summed E-state index contributed by atoms with van der Waals surface area (Å²) in [5.74, 6) is 0.764. The predicted octanol–water partition coefficient (Wildman–Crippen LogP) is 7.77. The summed E-state index contributed by atoms with van der Waals surface area (Å²) < 4.78 is 19.7. The Morgan fingerprint density at radius 3 is 1.75 bits per heavy atom. The van der Waals surface area contributed by atoms with Gasteiger partial charge < -0.3 is 4.57 Å². The van der Waals surface area contributed by atoms with Crippen molar-refractivity contribution in [2.75, 3.05) is 0 Å². The maximum absolute atomic E-state index is 15.3. The maximum Gasteiger partial charge on any atom is 0.221 e. The molecular formula is C38H25N4OP. The Morgan fingerprint density at radius 2 is 1.02 bits per heavy atom. The minimum absolute atomic E-state index is 0.764. The van der Waals surface area contributed by atoms with Crippen molar-refractivity contribution < 1.29 is 4.57 Å². The van der Waals surface area contributed by atoms with E-state index in [1.54, 1.807) is 0 Å². The van der Waals surface area contributed by atoms with Gasteiger partial charge in [0.15, 0.2) is 7.14 Å². The van der Waals surface area contributed by atoms with E-state index in [1.807, 2.05) is 103 Å². The second kappa shape index (κ2) is 9.50.